The zero-order valence-electron chi connectivity index (χ0n) is 10.9. The predicted molar refractivity (Wildman–Crippen MR) is 69.9 cm³/mol. The number of unbranched alkanes of at least 4 members (excludes halogenated alkanes) is 1. The highest BCUT2D eigenvalue weighted by Gasteiger charge is 2.17. The van der Waals surface area contributed by atoms with Gasteiger partial charge < -0.3 is 9.84 Å². The Labute approximate surface area is 106 Å². The average Bonchev–Trinajstić information content (AvgIpc) is 2.71. The molecule has 0 spiro atoms. The van der Waals surface area contributed by atoms with Crippen molar-refractivity contribution in [2.24, 2.45) is 0 Å². The Kier molecular flexibility index (Phi) is 3.60. The second-order valence-corrected chi connectivity index (χ2v) is 4.33. The number of hydrogen-bond acceptors (Lipinski definition) is 5. The van der Waals surface area contributed by atoms with Gasteiger partial charge in [-0.15, -0.1) is 0 Å². The van der Waals surface area contributed by atoms with Crippen LogP contribution in [0.4, 0.5) is 5.69 Å². The van der Waals surface area contributed by atoms with E-state index in [0.29, 0.717) is 11.3 Å². The van der Waals surface area contributed by atoms with Gasteiger partial charge in [-0.05, 0) is 20.3 Å². The minimum Gasteiger partial charge on any atom is -0.384 e. The number of aryl methyl sites for hydroxylation is 1. The molecule has 0 radical (unpaired) electrons. The maximum Gasteiger partial charge on any atom is 0.260 e. The molecule has 0 fully saturated rings. The number of rotatable bonds is 5. The lowest BCUT2D eigenvalue weighted by molar-refractivity contribution is 0.101. The molecule has 0 aliphatic heterocycles. The van der Waals surface area contributed by atoms with E-state index >= 15 is 0 Å². The minimum absolute atomic E-state index is 0.0102. The van der Waals surface area contributed by atoms with Crippen molar-refractivity contribution in [2.45, 2.75) is 33.6 Å². The fourth-order valence-electron chi connectivity index (χ4n) is 1.90. The van der Waals surface area contributed by atoms with Crippen LogP contribution in [0.1, 0.15) is 42.7 Å². The van der Waals surface area contributed by atoms with Crippen molar-refractivity contribution in [1.29, 1.82) is 0 Å². The number of nitrogens with zero attached hydrogens (tertiary/aromatic N) is 2. The van der Waals surface area contributed by atoms with Crippen LogP contribution < -0.4 is 5.32 Å². The third-order valence-corrected chi connectivity index (χ3v) is 2.89. The second-order valence-electron chi connectivity index (χ2n) is 4.33. The molecule has 2 aromatic rings. The number of hydrogen-bond donors (Lipinski definition) is 1. The molecule has 0 saturated carbocycles. The van der Waals surface area contributed by atoms with Gasteiger partial charge in [0.05, 0.1) is 22.3 Å². The minimum atomic E-state index is -0.0102. The predicted octanol–water partition coefficient (Wildman–Crippen LogP) is 2.95. The lowest BCUT2D eigenvalue weighted by atomic mass is 10.1. The summed E-state index contributed by atoms with van der Waals surface area (Å²) in [6, 6.07) is 0. The summed E-state index contributed by atoms with van der Waals surface area (Å²) in [5.41, 5.74) is 2.60. The number of ketones is 1. The van der Waals surface area contributed by atoms with Crippen molar-refractivity contribution in [2.75, 3.05) is 11.9 Å². The number of aromatic nitrogens is 2. The van der Waals surface area contributed by atoms with E-state index in [2.05, 4.69) is 22.4 Å². The molecule has 5 nitrogen and oxygen atoms in total. The van der Waals surface area contributed by atoms with Gasteiger partial charge in [-0.25, -0.2) is 4.98 Å². The van der Waals surface area contributed by atoms with Gasteiger partial charge in [-0.3, -0.25) is 4.79 Å². The summed E-state index contributed by atoms with van der Waals surface area (Å²) in [5, 5.41) is 8.01. The van der Waals surface area contributed by atoms with Crippen LogP contribution in [0.3, 0.4) is 0 Å². The summed E-state index contributed by atoms with van der Waals surface area (Å²) in [7, 11) is 0. The molecule has 5 heteroatoms. The molecule has 96 valence electrons. The van der Waals surface area contributed by atoms with Gasteiger partial charge in [0, 0.05) is 12.7 Å². The molecule has 18 heavy (non-hydrogen) atoms. The Morgan fingerprint density at radius 1 is 1.50 bits per heavy atom. The maximum atomic E-state index is 11.6. The highest BCUT2D eigenvalue weighted by atomic mass is 16.5. The summed E-state index contributed by atoms with van der Waals surface area (Å²) in [5.74, 6) is -0.0102. The van der Waals surface area contributed by atoms with Crippen LogP contribution >= 0.6 is 0 Å². The van der Waals surface area contributed by atoms with E-state index in [1.54, 1.807) is 6.20 Å². The molecule has 0 atom stereocenters. The first-order valence-corrected chi connectivity index (χ1v) is 6.15. The molecule has 0 aliphatic carbocycles. The first-order valence-electron chi connectivity index (χ1n) is 6.15. The zero-order chi connectivity index (χ0) is 13.1. The highest BCUT2D eigenvalue weighted by Crippen LogP contribution is 2.28. The van der Waals surface area contributed by atoms with E-state index in [1.807, 2.05) is 6.92 Å². The molecule has 2 heterocycles. The van der Waals surface area contributed by atoms with Gasteiger partial charge >= 0.3 is 0 Å². The van der Waals surface area contributed by atoms with Gasteiger partial charge in [0.25, 0.3) is 5.71 Å². The van der Waals surface area contributed by atoms with Crippen LogP contribution in [0.15, 0.2) is 10.7 Å². The van der Waals surface area contributed by atoms with Gasteiger partial charge in [0.15, 0.2) is 5.78 Å². The van der Waals surface area contributed by atoms with Crippen LogP contribution in [-0.2, 0) is 0 Å². The van der Waals surface area contributed by atoms with Crippen molar-refractivity contribution >= 4 is 22.6 Å². The molecule has 2 aromatic heterocycles. The molecule has 0 saturated heterocycles. The van der Waals surface area contributed by atoms with E-state index < -0.39 is 0 Å². The van der Waals surface area contributed by atoms with Gasteiger partial charge in [-0.2, -0.15) is 0 Å². The topological polar surface area (TPSA) is 68.0 Å². The Bertz CT molecular complexity index is 575. The summed E-state index contributed by atoms with van der Waals surface area (Å²) in [6.45, 7) is 6.33. The zero-order valence-corrected chi connectivity index (χ0v) is 10.9. The quantitative estimate of drug-likeness (QED) is 0.650. The van der Waals surface area contributed by atoms with Crippen molar-refractivity contribution in [3.63, 3.8) is 0 Å². The Morgan fingerprint density at radius 2 is 2.28 bits per heavy atom. The lowest BCUT2D eigenvalue weighted by Crippen LogP contribution is -2.07. The van der Waals surface area contributed by atoms with Crippen molar-refractivity contribution in [1.82, 2.24) is 10.1 Å². The van der Waals surface area contributed by atoms with Crippen LogP contribution in [0.5, 0.6) is 0 Å². The molecule has 1 N–H and O–H groups in total. The smallest absolute Gasteiger partial charge is 0.260 e. The molecular formula is C13H17N3O2. The van der Waals surface area contributed by atoms with E-state index in [9.17, 15) is 4.79 Å². The monoisotopic (exact) mass is 247 g/mol. The first-order chi connectivity index (χ1) is 8.65. The average molecular weight is 247 g/mol. The first kappa shape index (κ1) is 12.5. The van der Waals surface area contributed by atoms with Crippen molar-refractivity contribution in [3.05, 3.63) is 17.5 Å². The Balaban J connectivity index is 2.51. The summed E-state index contributed by atoms with van der Waals surface area (Å²) >= 11 is 0. The van der Waals surface area contributed by atoms with Gasteiger partial charge in [-0.1, -0.05) is 18.5 Å². The van der Waals surface area contributed by atoms with E-state index in [0.717, 1.165) is 36.2 Å². The number of carbonyl (C=O) groups is 1. The fraction of sp³-hybridized carbons (Fsp3) is 0.462. The number of fused-ring (bicyclic) bond motifs is 1. The maximum absolute atomic E-state index is 11.6. The molecule has 2 rings (SSSR count). The lowest BCUT2D eigenvalue weighted by Gasteiger charge is -2.10. The van der Waals surface area contributed by atoms with Crippen LogP contribution in [0.25, 0.3) is 11.1 Å². The third-order valence-electron chi connectivity index (χ3n) is 2.89. The van der Waals surface area contributed by atoms with Crippen molar-refractivity contribution in [3.8, 4) is 0 Å². The summed E-state index contributed by atoms with van der Waals surface area (Å²) < 4.78 is 5.12. The standard InChI is InChI=1S/C13H17N3O2/c1-4-5-6-14-12-10(9(3)17)7-15-13-11(12)8(2)16-18-13/h7H,4-6H2,1-3H3,(H,14,15). The Morgan fingerprint density at radius 3 is 2.94 bits per heavy atom. The van der Waals surface area contributed by atoms with Crippen LogP contribution in [-0.4, -0.2) is 22.5 Å². The second kappa shape index (κ2) is 5.16. The molecule has 0 unspecified atom stereocenters. The molecule has 0 aromatic carbocycles. The largest absolute Gasteiger partial charge is 0.384 e. The van der Waals surface area contributed by atoms with Crippen LogP contribution in [0.2, 0.25) is 0 Å². The summed E-state index contributed by atoms with van der Waals surface area (Å²) in [4.78, 5) is 15.8. The summed E-state index contributed by atoms with van der Waals surface area (Å²) in [6.07, 6.45) is 3.69. The van der Waals surface area contributed by atoms with E-state index in [-0.39, 0.29) is 5.78 Å². The SMILES string of the molecule is CCCCNc1c(C(C)=O)cnc2onc(C)c12. The Hall–Kier alpha value is -1.91. The normalized spacial score (nSPS) is 10.8. The van der Waals surface area contributed by atoms with Crippen LogP contribution in [0, 0.1) is 6.92 Å². The molecule has 0 amide bonds. The van der Waals surface area contributed by atoms with E-state index in [1.165, 1.54) is 6.92 Å². The molecular weight excluding hydrogens is 230 g/mol. The highest BCUT2D eigenvalue weighted by molar-refractivity contribution is 6.06. The number of anilines is 1. The van der Waals surface area contributed by atoms with E-state index in [4.69, 9.17) is 4.52 Å². The number of pyridine rings is 1. The van der Waals surface area contributed by atoms with Crippen molar-refractivity contribution < 1.29 is 9.32 Å². The van der Waals surface area contributed by atoms with Gasteiger partial charge in [0.1, 0.15) is 0 Å². The number of Topliss-reactive ketones (excluding diaryl/α,β-unsaturated/α-hetero) is 1. The molecule has 0 bridgehead atoms. The fourth-order valence-corrected chi connectivity index (χ4v) is 1.90. The number of carbonyl (C=O) groups excluding carboxylic acids is 1. The molecule has 0 aliphatic rings. The number of nitrogens with one attached hydrogen (secondary N) is 1. The van der Waals surface area contributed by atoms with Gasteiger partial charge in [0.2, 0.25) is 0 Å². The third kappa shape index (κ3) is 2.20.